The Kier molecular flexibility index (Phi) is 4.49. The topological polar surface area (TPSA) is 58.8 Å². The Labute approximate surface area is 120 Å². The van der Waals surface area contributed by atoms with Crippen molar-refractivity contribution in [3.05, 3.63) is 23.8 Å². The van der Waals surface area contributed by atoms with Crippen LogP contribution in [0.5, 0.6) is 5.75 Å². The Morgan fingerprint density at radius 2 is 2.15 bits per heavy atom. The van der Waals surface area contributed by atoms with Crippen molar-refractivity contribution in [3.8, 4) is 5.75 Å². The second-order valence-corrected chi connectivity index (χ2v) is 5.42. The van der Waals surface area contributed by atoms with Crippen molar-refractivity contribution >= 4 is 11.6 Å². The number of nitrogen functional groups attached to an aromatic ring is 1. The summed E-state index contributed by atoms with van der Waals surface area (Å²) in [5.41, 5.74) is 7.01. The molecular weight excluding hydrogens is 254 g/mol. The molecule has 0 radical (unpaired) electrons. The molecule has 1 aromatic carbocycles. The number of hydrogen-bond acceptors (Lipinski definition) is 4. The van der Waals surface area contributed by atoms with Gasteiger partial charge in [0.1, 0.15) is 5.75 Å². The van der Waals surface area contributed by atoms with Gasteiger partial charge in [0.25, 0.3) is 5.91 Å². The van der Waals surface area contributed by atoms with E-state index >= 15 is 0 Å². The maximum absolute atomic E-state index is 12.7. The van der Waals surface area contributed by atoms with Gasteiger partial charge in [-0.25, -0.2) is 0 Å². The quantitative estimate of drug-likeness (QED) is 0.831. The van der Waals surface area contributed by atoms with Crippen molar-refractivity contribution in [2.75, 3.05) is 39.5 Å². The standard InChI is InChI=1S/C15H23N3O2/c1-11-10-17(2)7-4-8-18(11)15(19)13-6-5-12(20-3)9-14(13)16/h5-6,9,11H,4,7-8,10,16H2,1-3H3. The van der Waals surface area contributed by atoms with Crippen LogP contribution in [-0.4, -0.2) is 55.5 Å². The summed E-state index contributed by atoms with van der Waals surface area (Å²) >= 11 is 0. The third-order valence-corrected chi connectivity index (χ3v) is 3.80. The van der Waals surface area contributed by atoms with Crippen molar-refractivity contribution < 1.29 is 9.53 Å². The summed E-state index contributed by atoms with van der Waals surface area (Å²) in [5.74, 6) is 0.677. The number of likely N-dealkylation sites (N-methyl/N-ethyl adjacent to an activating group) is 1. The average Bonchev–Trinajstić information content (AvgIpc) is 2.58. The second kappa shape index (κ2) is 6.13. The number of ether oxygens (including phenoxy) is 1. The van der Waals surface area contributed by atoms with Crippen LogP contribution in [0.15, 0.2) is 18.2 Å². The highest BCUT2D eigenvalue weighted by molar-refractivity contribution is 5.99. The van der Waals surface area contributed by atoms with Gasteiger partial charge in [-0.05, 0) is 39.1 Å². The van der Waals surface area contributed by atoms with Gasteiger partial charge in [-0.1, -0.05) is 0 Å². The van der Waals surface area contributed by atoms with Crippen LogP contribution in [0.3, 0.4) is 0 Å². The molecule has 1 aliphatic rings. The fraction of sp³-hybridized carbons (Fsp3) is 0.533. The minimum atomic E-state index is 0.00736. The summed E-state index contributed by atoms with van der Waals surface area (Å²) in [6.45, 7) is 4.77. The Balaban J connectivity index is 2.21. The first-order valence-corrected chi connectivity index (χ1v) is 6.96. The predicted molar refractivity (Wildman–Crippen MR) is 80.0 cm³/mol. The SMILES string of the molecule is COc1ccc(C(=O)N2CCCN(C)CC2C)c(N)c1. The van der Waals surface area contributed by atoms with Crippen LogP contribution < -0.4 is 10.5 Å². The van der Waals surface area contributed by atoms with Crippen LogP contribution in [0.2, 0.25) is 0 Å². The van der Waals surface area contributed by atoms with Gasteiger partial charge in [0.15, 0.2) is 0 Å². The average molecular weight is 277 g/mol. The monoisotopic (exact) mass is 277 g/mol. The zero-order valence-electron chi connectivity index (χ0n) is 12.4. The number of anilines is 1. The number of benzene rings is 1. The van der Waals surface area contributed by atoms with Crippen LogP contribution in [0.25, 0.3) is 0 Å². The number of nitrogens with zero attached hydrogens (tertiary/aromatic N) is 2. The van der Waals surface area contributed by atoms with E-state index in [0.717, 1.165) is 26.1 Å². The van der Waals surface area contributed by atoms with E-state index in [2.05, 4.69) is 18.9 Å². The highest BCUT2D eigenvalue weighted by Gasteiger charge is 2.26. The number of methoxy groups -OCH3 is 1. The molecule has 110 valence electrons. The molecule has 0 aromatic heterocycles. The molecule has 5 nitrogen and oxygen atoms in total. The van der Waals surface area contributed by atoms with Crippen LogP contribution >= 0.6 is 0 Å². The Bertz CT molecular complexity index is 490. The number of carbonyl (C=O) groups excluding carboxylic acids is 1. The Hall–Kier alpha value is -1.75. The lowest BCUT2D eigenvalue weighted by Gasteiger charge is -2.28. The molecule has 1 saturated heterocycles. The van der Waals surface area contributed by atoms with E-state index in [4.69, 9.17) is 10.5 Å². The number of hydrogen-bond donors (Lipinski definition) is 1. The van der Waals surface area contributed by atoms with E-state index in [-0.39, 0.29) is 11.9 Å². The first-order chi connectivity index (χ1) is 9.52. The largest absolute Gasteiger partial charge is 0.497 e. The summed E-state index contributed by atoms with van der Waals surface area (Å²) < 4.78 is 5.12. The molecule has 1 aliphatic heterocycles. The minimum Gasteiger partial charge on any atom is -0.497 e. The van der Waals surface area contributed by atoms with Crippen LogP contribution in [0.4, 0.5) is 5.69 Å². The van der Waals surface area contributed by atoms with Crippen molar-refractivity contribution in [1.82, 2.24) is 9.80 Å². The summed E-state index contributed by atoms with van der Waals surface area (Å²) in [6, 6.07) is 5.41. The molecule has 1 atom stereocenters. The van der Waals surface area contributed by atoms with Crippen molar-refractivity contribution in [3.63, 3.8) is 0 Å². The number of carbonyl (C=O) groups is 1. The summed E-state index contributed by atoms with van der Waals surface area (Å²) in [4.78, 5) is 16.9. The van der Waals surface area contributed by atoms with Crippen molar-refractivity contribution in [2.24, 2.45) is 0 Å². The fourth-order valence-electron chi connectivity index (χ4n) is 2.69. The predicted octanol–water partition coefficient (Wildman–Crippen LogP) is 1.44. The zero-order valence-corrected chi connectivity index (χ0v) is 12.4. The minimum absolute atomic E-state index is 0.00736. The van der Waals surface area contributed by atoms with E-state index in [9.17, 15) is 4.79 Å². The second-order valence-electron chi connectivity index (χ2n) is 5.42. The molecule has 0 saturated carbocycles. The van der Waals surface area contributed by atoms with E-state index in [1.54, 1.807) is 25.3 Å². The summed E-state index contributed by atoms with van der Waals surface area (Å²) in [6.07, 6.45) is 0.989. The van der Waals surface area contributed by atoms with Gasteiger partial charge in [0.05, 0.1) is 12.7 Å². The highest BCUT2D eigenvalue weighted by Crippen LogP contribution is 2.22. The van der Waals surface area contributed by atoms with Crippen LogP contribution in [0.1, 0.15) is 23.7 Å². The Morgan fingerprint density at radius 3 is 2.80 bits per heavy atom. The zero-order chi connectivity index (χ0) is 14.7. The van der Waals surface area contributed by atoms with Gasteiger partial charge in [-0.2, -0.15) is 0 Å². The number of rotatable bonds is 2. The fourth-order valence-corrected chi connectivity index (χ4v) is 2.69. The van der Waals surface area contributed by atoms with Crippen molar-refractivity contribution in [1.29, 1.82) is 0 Å². The van der Waals surface area contributed by atoms with E-state index < -0.39 is 0 Å². The third-order valence-electron chi connectivity index (χ3n) is 3.80. The third kappa shape index (κ3) is 3.04. The molecule has 1 amide bonds. The summed E-state index contributed by atoms with van der Waals surface area (Å²) in [5, 5.41) is 0. The van der Waals surface area contributed by atoms with Crippen LogP contribution in [0, 0.1) is 0 Å². The van der Waals surface area contributed by atoms with Gasteiger partial charge in [0, 0.05) is 30.9 Å². The van der Waals surface area contributed by atoms with E-state index in [1.165, 1.54) is 0 Å². The molecule has 0 aliphatic carbocycles. The molecule has 1 aromatic rings. The van der Waals surface area contributed by atoms with Gasteiger partial charge in [-0.3, -0.25) is 4.79 Å². The first kappa shape index (κ1) is 14.7. The first-order valence-electron chi connectivity index (χ1n) is 6.96. The molecule has 1 heterocycles. The van der Waals surface area contributed by atoms with E-state index in [0.29, 0.717) is 17.0 Å². The number of nitrogens with two attached hydrogens (primary N) is 1. The smallest absolute Gasteiger partial charge is 0.256 e. The lowest BCUT2D eigenvalue weighted by atomic mass is 10.1. The lowest BCUT2D eigenvalue weighted by Crippen LogP contribution is -2.42. The number of amides is 1. The summed E-state index contributed by atoms with van der Waals surface area (Å²) in [7, 11) is 3.68. The molecule has 1 unspecified atom stereocenters. The molecule has 2 rings (SSSR count). The highest BCUT2D eigenvalue weighted by atomic mass is 16.5. The molecule has 1 fully saturated rings. The maximum Gasteiger partial charge on any atom is 0.256 e. The molecule has 5 heteroatoms. The van der Waals surface area contributed by atoms with Gasteiger partial charge in [-0.15, -0.1) is 0 Å². The van der Waals surface area contributed by atoms with Crippen LogP contribution in [-0.2, 0) is 0 Å². The van der Waals surface area contributed by atoms with E-state index in [1.807, 2.05) is 4.90 Å². The Morgan fingerprint density at radius 1 is 1.40 bits per heavy atom. The maximum atomic E-state index is 12.7. The van der Waals surface area contributed by atoms with Gasteiger partial charge in [0.2, 0.25) is 0 Å². The molecule has 0 bridgehead atoms. The lowest BCUT2D eigenvalue weighted by molar-refractivity contribution is 0.0697. The normalized spacial score (nSPS) is 20.6. The van der Waals surface area contributed by atoms with Gasteiger partial charge >= 0.3 is 0 Å². The molecule has 2 N–H and O–H groups in total. The van der Waals surface area contributed by atoms with Gasteiger partial charge < -0.3 is 20.3 Å². The van der Waals surface area contributed by atoms with Crippen molar-refractivity contribution in [2.45, 2.75) is 19.4 Å². The molecular formula is C15H23N3O2. The molecule has 20 heavy (non-hydrogen) atoms. The molecule has 0 spiro atoms.